The molecule has 162 valence electrons. The number of hydrogen-bond acceptors (Lipinski definition) is 5. The first-order valence-electron chi connectivity index (χ1n) is 10.8. The molecule has 1 atom stereocenters. The van der Waals surface area contributed by atoms with Gasteiger partial charge in [0.05, 0.1) is 19.3 Å². The zero-order valence-electron chi connectivity index (χ0n) is 18.0. The number of nitrogens with zero attached hydrogens (tertiary/aromatic N) is 2. The highest BCUT2D eigenvalue weighted by Crippen LogP contribution is 2.51. The molecule has 0 saturated carbocycles. The minimum absolute atomic E-state index is 0.00565. The fourth-order valence-electron chi connectivity index (χ4n) is 4.56. The van der Waals surface area contributed by atoms with E-state index in [9.17, 15) is 4.79 Å². The van der Waals surface area contributed by atoms with Crippen molar-refractivity contribution < 1.29 is 9.53 Å². The Labute approximate surface area is 196 Å². The van der Waals surface area contributed by atoms with E-state index in [-0.39, 0.29) is 5.91 Å². The van der Waals surface area contributed by atoms with Gasteiger partial charge in [0.25, 0.3) is 5.91 Å². The van der Waals surface area contributed by atoms with E-state index < -0.39 is 4.87 Å². The van der Waals surface area contributed by atoms with Crippen LogP contribution in [0.5, 0.6) is 5.75 Å². The number of rotatable bonds is 4. The van der Waals surface area contributed by atoms with Crippen LogP contribution in [0, 0.1) is 0 Å². The predicted molar refractivity (Wildman–Crippen MR) is 134 cm³/mol. The molecule has 6 rings (SSSR count). The molecule has 1 N–H and O–H groups in total. The molecular weight excluding hydrogens is 430 g/mol. The monoisotopic (exact) mass is 451 g/mol. The molecule has 0 saturated heterocycles. The zero-order valence-corrected chi connectivity index (χ0v) is 18.8. The van der Waals surface area contributed by atoms with Crippen LogP contribution in [0.1, 0.15) is 16.7 Å². The third-order valence-corrected chi connectivity index (χ3v) is 7.54. The fourth-order valence-corrected chi connectivity index (χ4v) is 5.77. The van der Waals surface area contributed by atoms with Gasteiger partial charge in [0.1, 0.15) is 10.8 Å². The standard InChI is InChI=1S/C27H21N3O2S/c1-32-21-15-13-19(14-16-21)25-28-29-27(33-25)23-11-4-5-12-24(23)30(26(27)31)17-20-9-6-8-18-7-2-3-10-22(18)20/h2-16,29H,17H2,1H3. The number of fused-ring (bicyclic) bond motifs is 3. The second-order valence-corrected chi connectivity index (χ2v) is 9.29. The zero-order chi connectivity index (χ0) is 22.4. The summed E-state index contributed by atoms with van der Waals surface area (Å²) in [5.74, 6) is 0.780. The Balaban J connectivity index is 1.36. The molecule has 4 aromatic rings. The van der Waals surface area contributed by atoms with Crippen LogP contribution in [0.2, 0.25) is 0 Å². The Bertz CT molecular complexity index is 1410. The number of hydrogen-bond donors (Lipinski definition) is 1. The van der Waals surface area contributed by atoms with Crippen LogP contribution in [0.15, 0.2) is 96.1 Å². The second kappa shape index (κ2) is 7.67. The first-order valence-corrected chi connectivity index (χ1v) is 11.6. The second-order valence-electron chi connectivity index (χ2n) is 8.09. The summed E-state index contributed by atoms with van der Waals surface area (Å²) in [6.45, 7) is 0.499. The molecule has 0 fully saturated rings. The van der Waals surface area contributed by atoms with Gasteiger partial charge in [-0.3, -0.25) is 10.2 Å². The van der Waals surface area contributed by atoms with Crippen molar-refractivity contribution in [3.8, 4) is 5.75 Å². The molecule has 5 nitrogen and oxygen atoms in total. The van der Waals surface area contributed by atoms with Crippen molar-refractivity contribution >= 4 is 39.2 Å². The Hall–Kier alpha value is -3.77. The van der Waals surface area contributed by atoms with E-state index in [2.05, 4.69) is 34.8 Å². The van der Waals surface area contributed by atoms with E-state index >= 15 is 0 Å². The molecule has 2 heterocycles. The van der Waals surface area contributed by atoms with Crippen molar-refractivity contribution in [2.45, 2.75) is 11.4 Å². The van der Waals surface area contributed by atoms with Crippen LogP contribution in [-0.2, 0) is 16.2 Å². The summed E-state index contributed by atoms with van der Waals surface area (Å²) < 4.78 is 5.27. The van der Waals surface area contributed by atoms with Gasteiger partial charge in [0.15, 0.2) is 0 Å². The third kappa shape index (κ3) is 3.09. The van der Waals surface area contributed by atoms with Crippen molar-refractivity contribution in [1.29, 1.82) is 0 Å². The summed E-state index contributed by atoms with van der Waals surface area (Å²) in [7, 11) is 1.64. The average Bonchev–Trinajstić information content (AvgIpc) is 3.42. The number of amides is 1. The Kier molecular flexibility index (Phi) is 4.62. The lowest BCUT2D eigenvalue weighted by Crippen LogP contribution is -2.44. The lowest BCUT2D eigenvalue weighted by atomic mass is 10.0. The number of thioether (sulfide) groups is 1. The number of nitrogens with one attached hydrogen (secondary N) is 1. The fraction of sp³-hybridized carbons (Fsp3) is 0.111. The number of methoxy groups -OCH3 is 1. The van der Waals surface area contributed by atoms with Crippen molar-refractivity contribution in [2.75, 3.05) is 12.0 Å². The van der Waals surface area contributed by atoms with E-state index in [1.165, 1.54) is 17.1 Å². The van der Waals surface area contributed by atoms with Gasteiger partial charge in [-0.1, -0.05) is 72.4 Å². The van der Waals surface area contributed by atoms with E-state index in [1.54, 1.807) is 7.11 Å². The van der Waals surface area contributed by atoms with Crippen LogP contribution in [0.4, 0.5) is 5.69 Å². The minimum Gasteiger partial charge on any atom is -0.497 e. The van der Waals surface area contributed by atoms with Gasteiger partial charge >= 0.3 is 0 Å². The predicted octanol–water partition coefficient (Wildman–Crippen LogP) is 5.25. The summed E-state index contributed by atoms with van der Waals surface area (Å²) in [5, 5.41) is 7.69. The van der Waals surface area contributed by atoms with Crippen molar-refractivity contribution in [3.05, 3.63) is 108 Å². The van der Waals surface area contributed by atoms with Gasteiger partial charge in [-0.2, -0.15) is 5.10 Å². The maximum atomic E-state index is 14.0. The number of carbonyl (C=O) groups is 1. The Morgan fingerprint density at radius 3 is 2.55 bits per heavy atom. The van der Waals surface area contributed by atoms with E-state index in [1.807, 2.05) is 71.6 Å². The summed E-state index contributed by atoms with van der Waals surface area (Å²) >= 11 is 1.46. The van der Waals surface area contributed by atoms with Crippen LogP contribution in [0.25, 0.3) is 10.8 Å². The molecule has 4 aromatic carbocycles. The quantitative estimate of drug-likeness (QED) is 0.461. The van der Waals surface area contributed by atoms with Gasteiger partial charge in [-0.15, -0.1) is 0 Å². The summed E-state index contributed by atoms with van der Waals surface area (Å²) in [6, 6.07) is 30.2. The van der Waals surface area contributed by atoms with Crippen LogP contribution < -0.4 is 15.1 Å². The molecule has 0 aromatic heterocycles. The molecule has 0 aliphatic carbocycles. The van der Waals surface area contributed by atoms with Crippen molar-refractivity contribution in [3.63, 3.8) is 0 Å². The Morgan fingerprint density at radius 2 is 1.70 bits per heavy atom. The number of benzene rings is 4. The SMILES string of the molecule is COc1ccc(C2=NNC3(S2)C(=O)N(Cc2cccc4ccccc24)c2ccccc23)cc1. The van der Waals surface area contributed by atoms with Crippen LogP contribution >= 0.6 is 11.8 Å². The smallest absolute Gasteiger partial charge is 0.270 e. The topological polar surface area (TPSA) is 53.9 Å². The Morgan fingerprint density at radius 1 is 0.939 bits per heavy atom. The molecule has 33 heavy (non-hydrogen) atoms. The van der Waals surface area contributed by atoms with E-state index in [0.717, 1.165) is 38.6 Å². The number of para-hydroxylation sites is 1. The molecule has 0 radical (unpaired) electrons. The lowest BCUT2D eigenvalue weighted by Gasteiger charge is -2.23. The minimum atomic E-state index is -0.962. The summed E-state index contributed by atoms with van der Waals surface area (Å²) in [6.07, 6.45) is 0. The lowest BCUT2D eigenvalue weighted by molar-refractivity contribution is -0.121. The first kappa shape index (κ1) is 19.9. The summed E-state index contributed by atoms with van der Waals surface area (Å²) in [5.41, 5.74) is 7.12. The molecule has 6 heteroatoms. The highest BCUT2D eigenvalue weighted by Gasteiger charge is 2.55. The van der Waals surface area contributed by atoms with E-state index in [0.29, 0.717) is 6.54 Å². The number of ether oxygens (including phenoxy) is 1. The highest BCUT2D eigenvalue weighted by atomic mass is 32.2. The molecule has 2 aliphatic rings. The van der Waals surface area contributed by atoms with Gasteiger partial charge in [-0.05, 0) is 46.7 Å². The average molecular weight is 452 g/mol. The number of hydrazone groups is 1. The van der Waals surface area contributed by atoms with Gasteiger partial charge in [0.2, 0.25) is 4.87 Å². The first-order chi connectivity index (χ1) is 16.2. The van der Waals surface area contributed by atoms with Crippen molar-refractivity contribution in [1.82, 2.24) is 5.43 Å². The highest BCUT2D eigenvalue weighted by molar-refractivity contribution is 8.16. The van der Waals surface area contributed by atoms with E-state index in [4.69, 9.17) is 4.74 Å². The van der Waals surface area contributed by atoms with Crippen LogP contribution in [-0.4, -0.2) is 18.1 Å². The van der Waals surface area contributed by atoms with Gasteiger partial charge in [0, 0.05) is 11.1 Å². The largest absolute Gasteiger partial charge is 0.497 e. The molecule has 1 spiro atoms. The molecular formula is C27H21N3O2S. The normalized spacial score (nSPS) is 19.0. The molecule has 1 unspecified atom stereocenters. The molecule has 1 amide bonds. The number of anilines is 1. The van der Waals surface area contributed by atoms with Gasteiger partial charge in [-0.25, -0.2) is 0 Å². The molecule has 0 bridgehead atoms. The van der Waals surface area contributed by atoms with Crippen molar-refractivity contribution in [2.24, 2.45) is 5.10 Å². The van der Waals surface area contributed by atoms with Crippen LogP contribution in [0.3, 0.4) is 0 Å². The summed E-state index contributed by atoms with van der Waals surface area (Å²) in [4.78, 5) is 14.9. The van der Waals surface area contributed by atoms with Gasteiger partial charge < -0.3 is 9.64 Å². The maximum Gasteiger partial charge on any atom is 0.270 e. The third-order valence-electron chi connectivity index (χ3n) is 6.23. The molecule has 2 aliphatic heterocycles. The maximum absolute atomic E-state index is 14.0. The number of carbonyl (C=O) groups excluding carboxylic acids is 1.